The molecule has 2 fully saturated rings. The van der Waals surface area contributed by atoms with Crippen LogP contribution in [-0.2, 0) is 4.74 Å². The molecule has 28 heavy (non-hydrogen) atoms. The maximum Gasteiger partial charge on any atom is 0.338 e. The van der Waals surface area contributed by atoms with E-state index in [1.54, 1.807) is 19.2 Å². The van der Waals surface area contributed by atoms with Gasteiger partial charge in [0.15, 0.2) is 11.5 Å². The van der Waals surface area contributed by atoms with Crippen molar-refractivity contribution in [1.29, 1.82) is 0 Å². The lowest BCUT2D eigenvalue weighted by Crippen LogP contribution is -2.60. The van der Waals surface area contributed by atoms with E-state index in [-0.39, 0.29) is 5.97 Å². The highest BCUT2D eigenvalue weighted by molar-refractivity contribution is 5.91. The van der Waals surface area contributed by atoms with Gasteiger partial charge >= 0.3 is 5.97 Å². The van der Waals surface area contributed by atoms with Gasteiger partial charge in [-0.1, -0.05) is 0 Å². The summed E-state index contributed by atoms with van der Waals surface area (Å²) in [6.45, 7) is 3.05. The number of rotatable bonds is 7. The molecule has 0 amide bonds. The first-order valence-corrected chi connectivity index (χ1v) is 10.3. The number of nitrogens with zero attached hydrogens (tertiary/aromatic N) is 1. The van der Waals surface area contributed by atoms with Gasteiger partial charge in [0.2, 0.25) is 5.75 Å². The van der Waals surface area contributed by atoms with Crippen LogP contribution in [-0.4, -0.2) is 64.6 Å². The summed E-state index contributed by atoms with van der Waals surface area (Å²) in [4.78, 5) is 12.6. The van der Waals surface area contributed by atoms with Gasteiger partial charge < -0.3 is 23.4 Å². The van der Waals surface area contributed by atoms with Crippen molar-refractivity contribution in [3.8, 4) is 17.2 Å². The fourth-order valence-corrected chi connectivity index (χ4v) is 5.16. The van der Waals surface area contributed by atoms with Crippen molar-refractivity contribution in [2.45, 2.75) is 44.6 Å². The lowest BCUT2D eigenvalue weighted by Gasteiger charge is -2.51. The Hall–Kier alpha value is -1.95. The van der Waals surface area contributed by atoms with Gasteiger partial charge in [0, 0.05) is 5.92 Å². The molecule has 0 aliphatic carbocycles. The van der Waals surface area contributed by atoms with E-state index >= 15 is 0 Å². The number of ether oxygens (including phenoxy) is 4. The van der Waals surface area contributed by atoms with Crippen LogP contribution >= 0.6 is 0 Å². The highest BCUT2D eigenvalue weighted by Crippen LogP contribution is 2.39. The van der Waals surface area contributed by atoms with Crippen molar-refractivity contribution < 1.29 is 28.2 Å². The molecule has 3 rings (SSSR count). The fourth-order valence-electron chi connectivity index (χ4n) is 5.16. The molecule has 6 nitrogen and oxygen atoms in total. The molecule has 2 unspecified atom stereocenters. The van der Waals surface area contributed by atoms with Gasteiger partial charge in [0.25, 0.3) is 0 Å². The quantitative estimate of drug-likeness (QED) is 0.523. The zero-order valence-corrected chi connectivity index (χ0v) is 17.7. The maximum atomic E-state index is 12.6. The first kappa shape index (κ1) is 20.8. The monoisotopic (exact) mass is 392 g/mol. The molecule has 0 bridgehead atoms. The third-order valence-electron chi connectivity index (χ3n) is 6.63. The second kappa shape index (κ2) is 9.03. The van der Waals surface area contributed by atoms with E-state index in [9.17, 15) is 4.79 Å². The average Bonchev–Trinajstić information content (AvgIpc) is 2.72. The van der Waals surface area contributed by atoms with Crippen LogP contribution in [0.5, 0.6) is 17.2 Å². The minimum Gasteiger partial charge on any atom is -0.493 e. The molecular weight excluding hydrogens is 358 g/mol. The van der Waals surface area contributed by atoms with Crippen LogP contribution in [0.25, 0.3) is 0 Å². The number of fused-ring (bicyclic) bond motifs is 1. The molecule has 6 heteroatoms. The molecule has 0 N–H and O–H groups in total. The van der Waals surface area contributed by atoms with E-state index < -0.39 is 0 Å². The Morgan fingerprint density at radius 1 is 1.00 bits per heavy atom. The Morgan fingerprint density at radius 2 is 1.68 bits per heavy atom. The van der Waals surface area contributed by atoms with Gasteiger partial charge in [-0.2, -0.15) is 0 Å². The molecule has 156 valence electrons. The van der Waals surface area contributed by atoms with E-state index in [0.29, 0.717) is 35.3 Å². The van der Waals surface area contributed by atoms with Crippen molar-refractivity contribution in [2.24, 2.45) is 5.92 Å². The number of esters is 1. The highest BCUT2D eigenvalue weighted by atomic mass is 16.5. The Labute approximate surface area is 168 Å². The van der Waals surface area contributed by atoms with Crippen LogP contribution in [0.4, 0.5) is 0 Å². The molecule has 2 heterocycles. The van der Waals surface area contributed by atoms with Crippen molar-refractivity contribution in [2.75, 3.05) is 48.1 Å². The van der Waals surface area contributed by atoms with Gasteiger partial charge in [0.05, 0.1) is 59.7 Å². The van der Waals surface area contributed by atoms with E-state index in [2.05, 4.69) is 7.05 Å². The number of quaternary nitrogens is 1. The first-order chi connectivity index (χ1) is 13.5. The van der Waals surface area contributed by atoms with Crippen molar-refractivity contribution in [3.63, 3.8) is 0 Å². The largest absolute Gasteiger partial charge is 0.493 e. The highest BCUT2D eigenvalue weighted by Gasteiger charge is 2.43. The Balaban J connectivity index is 1.61. The van der Waals surface area contributed by atoms with E-state index in [0.717, 1.165) is 12.5 Å². The number of benzene rings is 1. The molecular formula is C22H34NO5+. The lowest BCUT2D eigenvalue weighted by molar-refractivity contribution is -0.947. The SMILES string of the molecule is COc1cc(C(=O)OCC[C@@H]2CCC[N+]3(C)CCCCC23)cc(OC)c1OC. The third-order valence-corrected chi connectivity index (χ3v) is 6.63. The summed E-state index contributed by atoms with van der Waals surface area (Å²) in [5, 5.41) is 0. The molecule has 3 atom stereocenters. The van der Waals surface area contributed by atoms with Crippen molar-refractivity contribution in [1.82, 2.24) is 0 Å². The molecule has 1 aromatic rings. The smallest absolute Gasteiger partial charge is 0.338 e. The normalized spacial score (nSPS) is 26.9. The van der Waals surface area contributed by atoms with Crippen molar-refractivity contribution in [3.05, 3.63) is 17.7 Å². The third kappa shape index (κ3) is 4.22. The van der Waals surface area contributed by atoms with Crippen LogP contribution in [0.3, 0.4) is 0 Å². The number of carbonyl (C=O) groups excluding carboxylic acids is 1. The van der Waals surface area contributed by atoms with Gasteiger partial charge in [-0.3, -0.25) is 0 Å². The molecule has 0 aromatic heterocycles. The summed E-state index contributed by atoms with van der Waals surface area (Å²) in [5.74, 6) is 1.67. The topological polar surface area (TPSA) is 54.0 Å². The minimum absolute atomic E-state index is 0.351. The summed E-state index contributed by atoms with van der Waals surface area (Å²) in [5.41, 5.74) is 0.413. The number of methoxy groups -OCH3 is 3. The summed E-state index contributed by atoms with van der Waals surface area (Å²) >= 11 is 0. The van der Waals surface area contributed by atoms with Crippen LogP contribution in [0.2, 0.25) is 0 Å². The summed E-state index contributed by atoms with van der Waals surface area (Å²) in [7, 11) is 7.03. The molecule has 0 radical (unpaired) electrons. The number of piperidine rings is 2. The molecule has 1 aromatic carbocycles. The Bertz CT molecular complexity index is 662. The molecule has 0 saturated carbocycles. The molecule has 2 aliphatic heterocycles. The van der Waals surface area contributed by atoms with E-state index in [4.69, 9.17) is 18.9 Å². The second-order valence-electron chi connectivity index (χ2n) is 8.23. The maximum absolute atomic E-state index is 12.6. The molecule has 2 saturated heterocycles. The van der Waals surface area contributed by atoms with E-state index in [1.807, 2.05) is 0 Å². The summed E-state index contributed by atoms with van der Waals surface area (Å²) < 4.78 is 22.8. The van der Waals surface area contributed by atoms with Crippen LogP contribution in [0.15, 0.2) is 12.1 Å². The van der Waals surface area contributed by atoms with Crippen molar-refractivity contribution >= 4 is 5.97 Å². The second-order valence-corrected chi connectivity index (χ2v) is 8.23. The van der Waals surface area contributed by atoms with Gasteiger partial charge in [-0.15, -0.1) is 0 Å². The van der Waals surface area contributed by atoms with Gasteiger partial charge in [0.1, 0.15) is 0 Å². The number of hydrogen-bond donors (Lipinski definition) is 0. The first-order valence-electron chi connectivity index (χ1n) is 10.3. The Kier molecular flexibility index (Phi) is 6.70. The Morgan fingerprint density at radius 3 is 2.32 bits per heavy atom. The number of carbonyl (C=O) groups is 1. The predicted molar refractivity (Wildman–Crippen MR) is 107 cm³/mol. The lowest BCUT2D eigenvalue weighted by atomic mass is 9.80. The zero-order valence-electron chi connectivity index (χ0n) is 17.7. The fraction of sp³-hybridized carbons (Fsp3) is 0.682. The van der Waals surface area contributed by atoms with Crippen LogP contribution in [0, 0.1) is 5.92 Å². The van der Waals surface area contributed by atoms with Gasteiger partial charge in [-0.25, -0.2) is 4.79 Å². The van der Waals surface area contributed by atoms with Crippen LogP contribution < -0.4 is 14.2 Å². The standard InChI is InChI=1S/C22H34NO5/c1-23-11-6-5-9-18(23)16(8-7-12-23)10-13-28-22(24)17-14-19(25-2)21(27-4)20(15-17)26-3/h14-16,18H,5-13H2,1-4H3/q+1/t16-,18?,23?/m0/s1. The van der Waals surface area contributed by atoms with Gasteiger partial charge in [-0.05, 0) is 50.7 Å². The van der Waals surface area contributed by atoms with E-state index in [1.165, 1.54) is 63.9 Å². The minimum atomic E-state index is -0.351. The molecule has 2 aliphatic rings. The predicted octanol–water partition coefficient (Wildman–Crippen LogP) is 3.67. The average molecular weight is 393 g/mol. The number of hydrogen-bond acceptors (Lipinski definition) is 5. The van der Waals surface area contributed by atoms with Crippen LogP contribution in [0.1, 0.15) is 48.9 Å². The summed E-state index contributed by atoms with van der Waals surface area (Å²) in [6, 6.07) is 4.00. The zero-order chi connectivity index (χ0) is 20.1. The molecule has 0 spiro atoms. The summed E-state index contributed by atoms with van der Waals surface area (Å²) in [6.07, 6.45) is 7.45.